The van der Waals surface area contributed by atoms with Gasteiger partial charge in [-0.2, -0.15) is 0 Å². The van der Waals surface area contributed by atoms with Gasteiger partial charge in [0.25, 0.3) is 5.91 Å². The van der Waals surface area contributed by atoms with Crippen molar-refractivity contribution in [2.24, 2.45) is 0 Å². The molecule has 1 aromatic heterocycles. The van der Waals surface area contributed by atoms with Crippen LogP contribution in [0.1, 0.15) is 25.3 Å². The molecule has 0 bridgehead atoms. The van der Waals surface area contributed by atoms with Crippen molar-refractivity contribution in [1.29, 1.82) is 0 Å². The number of anilines is 1. The van der Waals surface area contributed by atoms with Gasteiger partial charge in [-0.3, -0.25) is 10.1 Å². The van der Waals surface area contributed by atoms with E-state index in [0.717, 1.165) is 22.6 Å². The lowest BCUT2D eigenvalue weighted by molar-refractivity contribution is -0.118. The van der Waals surface area contributed by atoms with Crippen molar-refractivity contribution in [3.05, 3.63) is 64.5 Å². The molecule has 0 radical (unpaired) electrons. The highest BCUT2D eigenvalue weighted by molar-refractivity contribution is 7.14. The van der Waals surface area contributed by atoms with Crippen LogP contribution in [0.4, 0.5) is 5.13 Å². The van der Waals surface area contributed by atoms with Crippen LogP contribution in [0.5, 0.6) is 5.75 Å². The Labute approximate surface area is 161 Å². The number of ether oxygens (including phenoxy) is 1. The summed E-state index contributed by atoms with van der Waals surface area (Å²) in [6, 6.07) is 15.2. The molecule has 0 fully saturated rings. The van der Waals surface area contributed by atoms with E-state index in [9.17, 15) is 4.79 Å². The molecule has 3 rings (SSSR count). The van der Waals surface area contributed by atoms with E-state index in [1.54, 1.807) is 0 Å². The topological polar surface area (TPSA) is 51.2 Å². The van der Waals surface area contributed by atoms with Crippen molar-refractivity contribution in [1.82, 2.24) is 4.98 Å². The zero-order valence-electron chi connectivity index (χ0n) is 14.5. The maximum atomic E-state index is 12.2. The standard InChI is InChI=1S/C20H19ClN2O2S/c1-13(2)14-7-4-6-10-18(14)25-11-19(24)23-20-22-17(12-26-20)15-8-3-5-9-16(15)21/h3-10,12-13H,11H2,1-2H3,(H,22,23,24). The van der Waals surface area contributed by atoms with Gasteiger partial charge in [-0.05, 0) is 23.6 Å². The predicted octanol–water partition coefficient (Wildman–Crippen LogP) is 5.60. The predicted molar refractivity (Wildman–Crippen MR) is 107 cm³/mol. The number of benzene rings is 2. The molecular formula is C20H19ClN2O2S. The first-order chi connectivity index (χ1) is 12.5. The average molecular weight is 387 g/mol. The van der Waals surface area contributed by atoms with Gasteiger partial charge in [0.05, 0.1) is 5.69 Å². The SMILES string of the molecule is CC(C)c1ccccc1OCC(=O)Nc1nc(-c2ccccc2Cl)cs1. The minimum Gasteiger partial charge on any atom is -0.483 e. The zero-order chi connectivity index (χ0) is 18.5. The van der Waals surface area contributed by atoms with Crippen LogP contribution in [-0.2, 0) is 4.79 Å². The summed E-state index contributed by atoms with van der Waals surface area (Å²) >= 11 is 7.54. The quantitative estimate of drug-likeness (QED) is 0.599. The van der Waals surface area contributed by atoms with E-state index in [1.165, 1.54) is 11.3 Å². The smallest absolute Gasteiger partial charge is 0.264 e. The van der Waals surface area contributed by atoms with Gasteiger partial charge < -0.3 is 4.74 Å². The molecule has 0 unspecified atom stereocenters. The number of thiazole rings is 1. The minimum atomic E-state index is -0.247. The van der Waals surface area contributed by atoms with Crippen LogP contribution in [-0.4, -0.2) is 17.5 Å². The van der Waals surface area contributed by atoms with Crippen LogP contribution in [0.3, 0.4) is 0 Å². The molecule has 4 nitrogen and oxygen atoms in total. The molecule has 26 heavy (non-hydrogen) atoms. The summed E-state index contributed by atoms with van der Waals surface area (Å²) in [5.74, 6) is 0.809. The Morgan fingerprint density at radius 1 is 1.19 bits per heavy atom. The lowest BCUT2D eigenvalue weighted by Crippen LogP contribution is -2.20. The van der Waals surface area contributed by atoms with Gasteiger partial charge in [0.1, 0.15) is 5.75 Å². The molecule has 0 atom stereocenters. The van der Waals surface area contributed by atoms with E-state index < -0.39 is 0 Å². The summed E-state index contributed by atoms with van der Waals surface area (Å²) in [7, 11) is 0. The minimum absolute atomic E-state index is 0.0647. The first-order valence-electron chi connectivity index (χ1n) is 8.26. The van der Waals surface area contributed by atoms with Crippen molar-refractivity contribution in [2.75, 3.05) is 11.9 Å². The number of nitrogens with one attached hydrogen (secondary N) is 1. The number of rotatable bonds is 6. The summed E-state index contributed by atoms with van der Waals surface area (Å²) in [5.41, 5.74) is 2.66. The first-order valence-corrected chi connectivity index (χ1v) is 9.52. The zero-order valence-corrected chi connectivity index (χ0v) is 16.1. The molecule has 1 amide bonds. The third kappa shape index (κ3) is 4.42. The molecule has 2 aromatic carbocycles. The van der Waals surface area contributed by atoms with Gasteiger partial charge in [-0.25, -0.2) is 4.98 Å². The molecule has 0 aliphatic heterocycles. The fourth-order valence-corrected chi connectivity index (χ4v) is 3.47. The molecule has 0 aliphatic carbocycles. The molecule has 134 valence electrons. The van der Waals surface area contributed by atoms with Gasteiger partial charge in [0, 0.05) is 16.0 Å². The first kappa shape index (κ1) is 18.4. The number of halogens is 1. The van der Waals surface area contributed by atoms with E-state index in [0.29, 0.717) is 16.1 Å². The Morgan fingerprint density at radius 3 is 2.69 bits per heavy atom. The number of aromatic nitrogens is 1. The maximum Gasteiger partial charge on any atom is 0.264 e. The largest absolute Gasteiger partial charge is 0.483 e. The molecule has 0 saturated heterocycles. The second-order valence-electron chi connectivity index (χ2n) is 6.05. The number of para-hydroxylation sites is 1. The summed E-state index contributed by atoms with van der Waals surface area (Å²) in [6.07, 6.45) is 0. The third-order valence-electron chi connectivity index (χ3n) is 3.80. The third-order valence-corrected chi connectivity index (χ3v) is 4.89. The fourth-order valence-electron chi connectivity index (χ4n) is 2.51. The van der Waals surface area contributed by atoms with Crippen molar-refractivity contribution in [3.8, 4) is 17.0 Å². The molecular weight excluding hydrogens is 368 g/mol. The molecule has 0 saturated carbocycles. The summed E-state index contributed by atoms with van der Waals surface area (Å²) < 4.78 is 5.69. The van der Waals surface area contributed by atoms with Gasteiger partial charge in [-0.15, -0.1) is 11.3 Å². The average Bonchev–Trinajstić information content (AvgIpc) is 3.08. The van der Waals surface area contributed by atoms with Crippen LogP contribution >= 0.6 is 22.9 Å². The fraction of sp³-hybridized carbons (Fsp3) is 0.200. The monoisotopic (exact) mass is 386 g/mol. The van der Waals surface area contributed by atoms with E-state index in [-0.39, 0.29) is 12.5 Å². The Bertz CT molecular complexity index is 908. The lowest BCUT2D eigenvalue weighted by Gasteiger charge is -2.13. The van der Waals surface area contributed by atoms with Crippen LogP contribution in [0.25, 0.3) is 11.3 Å². The second kappa shape index (κ2) is 8.34. The molecule has 0 aliphatic rings. The van der Waals surface area contributed by atoms with E-state index in [2.05, 4.69) is 24.1 Å². The number of nitrogens with zero attached hydrogens (tertiary/aromatic N) is 1. The van der Waals surface area contributed by atoms with E-state index in [4.69, 9.17) is 16.3 Å². The van der Waals surface area contributed by atoms with Crippen LogP contribution in [0.2, 0.25) is 5.02 Å². The molecule has 1 N–H and O–H groups in total. The van der Waals surface area contributed by atoms with Crippen LogP contribution in [0, 0.1) is 0 Å². The Balaban J connectivity index is 1.62. The number of carbonyl (C=O) groups is 1. The highest BCUT2D eigenvalue weighted by Gasteiger charge is 2.12. The molecule has 3 aromatic rings. The molecule has 1 heterocycles. The number of hydrogen-bond donors (Lipinski definition) is 1. The summed E-state index contributed by atoms with van der Waals surface area (Å²) in [6.45, 7) is 4.12. The Morgan fingerprint density at radius 2 is 1.92 bits per heavy atom. The molecule has 0 spiro atoms. The van der Waals surface area contributed by atoms with Gasteiger partial charge in [-0.1, -0.05) is 61.8 Å². The number of carbonyl (C=O) groups excluding carboxylic acids is 1. The molecule has 6 heteroatoms. The highest BCUT2D eigenvalue weighted by Crippen LogP contribution is 2.30. The van der Waals surface area contributed by atoms with Gasteiger partial charge >= 0.3 is 0 Å². The van der Waals surface area contributed by atoms with Gasteiger partial charge in [0.15, 0.2) is 11.7 Å². The highest BCUT2D eigenvalue weighted by atomic mass is 35.5. The van der Waals surface area contributed by atoms with Crippen LogP contribution in [0.15, 0.2) is 53.9 Å². The normalized spacial score (nSPS) is 10.8. The summed E-state index contributed by atoms with van der Waals surface area (Å²) in [4.78, 5) is 16.6. The number of hydrogen-bond acceptors (Lipinski definition) is 4. The van der Waals surface area contributed by atoms with Crippen molar-refractivity contribution in [3.63, 3.8) is 0 Å². The Hall–Kier alpha value is -2.37. The van der Waals surface area contributed by atoms with Crippen molar-refractivity contribution in [2.45, 2.75) is 19.8 Å². The van der Waals surface area contributed by atoms with E-state index >= 15 is 0 Å². The van der Waals surface area contributed by atoms with Crippen LogP contribution < -0.4 is 10.1 Å². The maximum absolute atomic E-state index is 12.2. The van der Waals surface area contributed by atoms with E-state index in [1.807, 2.05) is 53.9 Å². The van der Waals surface area contributed by atoms with Crippen molar-refractivity contribution < 1.29 is 9.53 Å². The van der Waals surface area contributed by atoms with Gasteiger partial charge in [0.2, 0.25) is 0 Å². The lowest BCUT2D eigenvalue weighted by atomic mass is 10.0. The number of amides is 1. The second-order valence-corrected chi connectivity index (χ2v) is 7.31. The van der Waals surface area contributed by atoms with Crippen molar-refractivity contribution >= 4 is 34.0 Å². The summed E-state index contributed by atoms with van der Waals surface area (Å²) in [5, 5.41) is 5.79. The Kier molecular flexibility index (Phi) is 5.91.